The highest BCUT2D eigenvalue weighted by molar-refractivity contribution is 5.60. The van der Waals surface area contributed by atoms with E-state index in [9.17, 15) is 0 Å². The number of benzene rings is 1. The number of hydrogen-bond donors (Lipinski definition) is 1. The highest BCUT2D eigenvalue weighted by Gasteiger charge is 2.05. The van der Waals surface area contributed by atoms with Gasteiger partial charge in [-0.25, -0.2) is 4.98 Å². The van der Waals surface area contributed by atoms with Crippen LogP contribution in [0.5, 0.6) is 5.75 Å². The molecule has 0 saturated heterocycles. The second-order valence-corrected chi connectivity index (χ2v) is 3.98. The highest BCUT2D eigenvalue weighted by Crippen LogP contribution is 2.23. The number of rotatable bonds is 4. The predicted molar refractivity (Wildman–Crippen MR) is 69.3 cm³/mol. The van der Waals surface area contributed by atoms with Crippen LogP contribution in [0, 0.1) is 6.92 Å². The van der Waals surface area contributed by atoms with Crippen molar-refractivity contribution < 1.29 is 4.74 Å². The second-order valence-electron chi connectivity index (χ2n) is 3.98. The summed E-state index contributed by atoms with van der Waals surface area (Å²) in [6.07, 6.45) is 2.37. The first-order valence-electron chi connectivity index (χ1n) is 5.78. The number of hydrogen-bond acceptors (Lipinski definition) is 5. The molecular formula is C13H16N4O. The maximum atomic E-state index is 5.44. The van der Waals surface area contributed by atoms with E-state index in [2.05, 4.69) is 15.2 Å². The molecule has 18 heavy (non-hydrogen) atoms. The Bertz CT molecular complexity index is 525. The molecule has 1 aromatic heterocycles. The van der Waals surface area contributed by atoms with E-state index in [-0.39, 0.29) is 0 Å². The minimum atomic E-state index is 0.530. The van der Waals surface area contributed by atoms with E-state index >= 15 is 0 Å². The largest absolute Gasteiger partial charge is 0.496 e. The molecule has 0 radical (unpaired) electrons. The molecule has 0 atom stereocenters. The zero-order valence-corrected chi connectivity index (χ0v) is 10.6. The van der Waals surface area contributed by atoms with Crippen molar-refractivity contribution in [3.05, 3.63) is 35.8 Å². The van der Waals surface area contributed by atoms with Gasteiger partial charge >= 0.3 is 0 Å². The van der Waals surface area contributed by atoms with Crippen molar-refractivity contribution in [1.82, 2.24) is 15.2 Å². The van der Waals surface area contributed by atoms with Gasteiger partial charge in [0.15, 0.2) is 5.82 Å². The summed E-state index contributed by atoms with van der Waals surface area (Å²) >= 11 is 0. The van der Waals surface area contributed by atoms with Crippen molar-refractivity contribution in [2.75, 3.05) is 13.7 Å². The van der Waals surface area contributed by atoms with Crippen molar-refractivity contribution >= 4 is 0 Å². The Hall–Kier alpha value is -2.01. The first kappa shape index (κ1) is 12.4. The summed E-state index contributed by atoms with van der Waals surface area (Å²) in [6.45, 7) is 2.52. The van der Waals surface area contributed by atoms with Crippen molar-refractivity contribution in [1.29, 1.82) is 0 Å². The second kappa shape index (κ2) is 5.55. The standard InChI is InChI=1S/C13H16N4O/c1-9-7-10(3-4-12(9)18-2)11-8-15-13(5-6-14)17-16-11/h3-4,7-8H,5-6,14H2,1-2H3. The summed E-state index contributed by atoms with van der Waals surface area (Å²) in [4.78, 5) is 4.23. The SMILES string of the molecule is COc1ccc(-c2cnc(CCN)nn2)cc1C. The van der Waals surface area contributed by atoms with E-state index in [1.807, 2.05) is 25.1 Å². The summed E-state index contributed by atoms with van der Waals surface area (Å²) in [5, 5.41) is 8.20. The Kier molecular flexibility index (Phi) is 3.84. The van der Waals surface area contributed by atoms with Crippen LogP contribution in [0.2, 0.25) is 0 Å². The lowest BCUT2D eigenvalue weighted by Gasteiger charge is -2.06. The van der Waals surface area contributed by atoms with Gasteiger partial charge in [0.05, 0.1) is 13.3 Å². The summed E-state index contributed by atoms with van der Waals surface area (Å²) in [7, 11) is 1.66. The highest BCUT2D eigenvalue weighted by atomic mass is 16.5. The fraction of sp³-hybridized carbons (Fsp3) is 0.308. The summed E-state index contributed by atoms with van der Waals surface area (Å²) < 4.78 is 5.22. The average Bonchev–Trinajstić information content (AvgIpc) is 2.40. The number of aromatic nitrogens is 3. The summed E-state index contributed by atoms with van der Waals surface area (Å²) in [6, 6.07) is 5.87. The molecule has 2 rings (SSSR count). The number of nitrogens with two attached hydrogens (primary N) is 1. The topological polar surface area (TPSA) is 73.9 Å². The molecule has 5 nitrogen and oxygen atoms in total. The van der Waals surface area contributed by atoms with Crippen LogP contribution in [-0.4, -0.2) is 28.8 Å². The minimum Gasteiger partial charge on any atom is -0.496 e. The van der Waals surface area contributed by atoms with Gasteiger partial charge in [-0.2, -0.15) is 0 Å². The molecule has 5 heteroatoms. The fourth-order valence-corrected chi connectivity index (χ4v) is 1.71. The monoisotopic (exact) mass is 244 g/mol. The molecule has 0 aliphatic rings. The predicted octanol–water partition coefficient (Wildman–Crippen LogP) is 1.36. The smallest absolute Gasteiger partial charge is 0.152 e. The first-order chi connectivity index (χ1) is 8.74. The number of nitrogens with zero attached hydrogens (tertiary/aromatic N) is 3. The number of methoxy groups -OCH3 is 1. The number of aryl methyl sites for hydroxylation is 1. The molecule has 0 unspecified atom stereocenters. The zero-order valence-electron chi connectivity index (χ0n) is 10.6. The third-order valence-corrected chi connectivity index (χ3v) is 2.67. The molecule has 94 valence electrons. The van der Waals surface area contributed by atoms with Crippen LogP contribution in [0.4, 0.5) is 0 Å². The maximum absolute atomic E-state index is 5.44. The molecule has 0 bridgehead atoms. The van der Waals surface area contributed by atoms with Crippen molar-refractivity contribution in [2.24, 2.45) is 5.73 Å². The minimum absolute atomic E-state index is 0.530. The van der Waals surface area contributed by atoms with Gasteiger partial charge in [-0.05, 0) is 37.2 Å². The molecule has 1 heterocycles. The van der Waals surface area contributed by atoms with Crippen molar-refractivity contribution in [2.45, 2.75) is 13.3 Å². The van der Waals surface area contributed by atoms with E-state index in [1.54, 1.807) is 13.3 Å². The van der Waals surface area contributed by atoms with Crippen LogP contribution in [-0.2, 0) is 6.42 Å². The van der Waals surface area contributed by atoms with Crippen LogP contribution in [0.3, 0.4) is 0 Å². The number of ether oxygens (including phenoxy) is 1. The molecule has 2 N–H and O–H groups in total. The van der Waals surface area contributed by atoms with Gasteiger partial charge < -0.3 is 10.5 Å². The molecule has 0 fully saturated rings. The van der Waals surface area contributed by atoms with Crippen LogP contribution in [0.1, 0.15) is 11.4 Å². The van der Waals surface area contributed by atoms with Crippen LogP contribution in [0.15, 0.2) is 24.4 Å². The van der Waals surface area contributed by atoms with Gasteiger partial charge in [0, 0.05) is 12.0 Å². The Labute approximate surface area is 106 Å². The van der Waals surface area contributed by atoms with Gasteiger partial charge in [-0.15, -0.1) is 10.2 Å². The van der Waals surface area contributed by atoms with E-state index in [4.69, 9.17) is 10.5 Å². The molecule has 1 aromatic carbocycles. The molecule has 0 aliphatic carbocycles. The van der Waals surface area contributed by atoms with E-state index in [0.29, 0.717) is 18.8 Å². The van der Waals surface area contributed by atoms with Crippen molar-refractivity contribution in [3.8, 4) is 17.0 Å². The Morgan fingerprint density at radius 3 is 2.67 bits per heavy atom. The van der Waals surface area contributed by atoms with Crippen LogP contribution < -0.4 is 10.5 Å². The zero-order chi connectivity index (χ0) is 13.0. The Morgan fingerprint density at radius 2 is 2.11 bits per heavy atom. The molecule has 0 amide bonds. The third-order valence-electron chi connectivity index (χ3n) is 2.67. The van der Waals surface area contributed by atoms with Gasteiger partial charge in [-0.1, -0.05) is 0 Å². The molecule has 0 spiro atoms. The fourth-order valence-electron chi connectivity index (χ4n) is 1.71. The van der Waals surface area contributed by atoms with Gasteiger partial charge in [0.1, 0.15) is 11.4 Å². The van der Waals surface area contributed by atoms with Gasteiger partial charge in [0.2, 0.25) is 0 Å². The lowest BCUT2D eigenvalue weighted by molar-refractivity contribution is 0.412. The summed E-state index contributed by atoms with van der Waals surface area (Å²) in [5.74, 6) is 1.53. The molecule has 2 aromatic rings. The maximum Gasteiger partial charge on any atom is 0.152 e. The van der Waals surface area contributed by atoms with Gasteiger partial charge in [0.25, 0.3) is 0 Å². The lowest BCUT2D eigenvalue weighted by Crippen LogP contribution is -2.07. The van der Waals surface area contributed by atoms with E-state index in [0.717, 1.165) is 22.6 Å². The van der Waals surface area contributed by atoms with Crippen molar-refractivity contribution in [3.63, 3.8) is 0 Å². The Morgan fingerprint density at radius 1 is 1.28 bits per heavy atom. The summed E-state index contributed by atoms with van der Waals surface area (Å²) in [5.41, 5.74) is 8.23. The van der Waals surface area contributed by atoms with Crippen LogP contribution in [0.25, 0.3) is 11.3 Å². The average molecular weight is 244 g/mol. The normalized spacial score (nSPS) is 10.4. The molecule has 0 saturated carbocycles. The van der Waals surface area contributed by atoms with E-state index < -0.39 is 0 Å². The molecular weight excluding hydrogens is 228 g/mol. The van der Waals surface area contributed by atoms with Gasteiger partial charge in [-0.3, -0.25) is 0 Å². The Balaban J connectivity index is 2.28. The quantitative estimate of drug-likeness (QED) is 0.879. The first-order valence-corrected chi connectivity index (χ1v) is 5.78. The third kappa shape index (κ3) is 2.62. The lowest BCUT2D eigenvalue weighted by atomic mass is 10.1. The molecule has 0 aliphatic heterocycles. The van der Waals surface area contributed by atoms with Crippen LogP contribution >= 0.6 is 0 Å². The van der Waals surface area contributed by atoms with E-state index in [1.165, 1.54) is 0 Å².